The van der Waals surface area contributed by atoms with Gasteiger partial charge in [-0.1, -0.05) is 31.2 Å². The van der Waals surface area contributed by atoms with E-state index in [1.807, 2.05) is 13.0 Å². The minimum atomic E-state index is -0.747. The van der Waals surface area contributed by atoms with E-state index in [-0.39, 0.29) is 10.6 Å². The Labute approximate surface area is 119 Å². The predicted molar refractivity (Wildman–Crippen MR) is 80.5 cm³/mol. The summed E-state index contributed by atoms with van der Waals surface area (Å²) in [4.78, 5) is 12.6. The summed E-state index contributed by atoms with van der Waals surface area (Å²) < 4.78 is 0. The lowest BCUT2D eigenvalue weighted by atomic mass is 10.1. The molecule has 5 heteroatoms. The van der Waals surface area contributed by atoms with Crippen molar-refractivity contribution in [3.05, 3.63) is 46.0 Å². The van der Waals surface area contributed by atoms with Gasteiger partial charge in [0.15, 0.2) is 0 Å². The van der Waals surface area contributed by atoms with Crippen LogP contribution in [0.5, 0.6) is 0 Å². The Bertz CT molecular complexity index is 478. The number of nitrogens with zero attached hydrogens (tertiary/aromatic N) is 2. The molecule has 5 nitrogen and oxygen atoms in total. The molecule has 0 aliphatic heterocycles. The van der Waals surface area contributed by atoms with Crippen LogP contribution in [0.4, 0.5) is 5.69 Å². The van der Waals surface area contributed by atoms with Gasteiger partial charge in [0.05, 0.1) is 16.1 Å². The molecule has 0 radical (unpaired) electrons. The lowest BCUT2D eigenvalue weighted by molar-refractivity contribution is -0.385. The zero-order chi connectivity index (χ0) is 15.2. The van der Waals surface area contributed by atoms with Crippen LogP contribution in [0.1, 0.15) is 26.3 Å². The van der Waals surface area contributed by atoms with E-state index >= 15 is 0 Å². The van der Waals surface area contributed by atoms with Crippen molar-refractivity contribution in [2.45, 2.75) is 26.4 Å². The third-order valence-corrected chi connectivity index (χ3v) is 2.85. The Balaban J connectivity index is 2.71. The third-order valence-electron chi connectivity index (χ3n) is 2.85. The second-order valence-corrected chi connectivity index (χ2v) is 5.36. The van der Waals surface area contributed by atoms with Crippen LogP contribution in [0.2, 0.25) is 0 Å². The summed E-state index contributed by atoms with van der Waals surface area (Å²) in [7, 11) is 0. The summed E-state index contributed by atoms with van der Waals surface area (Å²) in [5, 5.41) is 20.7. The summed E-state index contributed by atoms with van der Waals surface area (Å²) >= 11 is 0. The van der Waals surface area contributed by atoms with Crippen LogP contribution in [0.25, 0.3) is 6.08 Å². The number of para-hydroxylation sites is 1. The highest BCUT2D eigenvalue weighted by atomic mass is 16.6. The second-order valence-electron chi connectivity index (χ2n) is 5.36. The molecule has 0 atom stereocenters. The fraction of sp³-hybridized carbons (Fsp3) is 0.467. The van der Waals surface area contributed by atoms with Gasteiger partial charge in [0, 0.05) is 19.2 Å². The van der Waals surface area contributed by atoms with Gasteiger partial charge in [0.1, 0.15) is 0 Å². The minimum Gasteiger partial charge on any atom is -0.389 e. The van der Waals surface area contributed by atoms with Gasteiger partial charge < -0.3 is 5.11 Å². The van der Waals surface area contributed by atoms with Gasteiger partial charge in [0.2, 0.25) is 0 Å². The van der Waals surface area contributed by atoms with Crippen molar-refractivity contribution in [3.8, 4) is 0 Å². The monoisotopic (exact) mass is 278 g/mol. The first kappa shape index (κ1) is 16.3. The molecule has 0 saturated heterocycles. The molecule has 0 amide bonds. The third kappa shape index (κ3) is 5.50. The highest BCUT2D eigenvalue weighted by Gasteiger charge is 2.16. The lowest BCUT2D eigenvalue weighted by Gasteiger charge is -2.26. The number of nitro benzene ring substituents is 1. The van der Waals surface area contributed by atoms with Crippen LogP contribution in [0.3, 0.4) is 0 Å². The number of hydrogen-bond acceptors (Lipinski definition) is 4. The molecule has 0 aliphatic rings. The maximum atomic E-state index is 10.9. The molecule has 0 fully saturated rings. The van der Waals surface area contributed by atoms with Crippen molar-refractivity contribution in [2.75, 3.05) is 19.6 Å². The fourth-order valence-corrected chi connectivity index (χ4v) is 1.98. The molecule has 0 heterocycles. The first-order valence-corrected chi connectivity index (χ1v) is 6.68. The van der Waals surface area contributed by atoms with E-state index in [2.05, 4.69) is 4.90 Å². The molecule has 0 aromatic heterocycles. The first-order valence-electron chi connectivity index (χ1n) is 6.68. The van der Waals surface area contributed by atoms with Gasteiger partial charge in [-0.05, 0) is 26.5 Å². The molecule has 0 aliphatic carbocycles. The van der Waals surface area contributed by atoms with Crippen LogP contribution in [-0.2, 0) is 0 Å². The number of hydrogen-bond donors (Lipinski definition) is 1. The number of aliphatic hydroxyl groups is 1. The topological polar surface area (TPSA) is 66.6 Å². The molecule has 0 spiro atoms. The van der Waals surface area contributed by atoms with Crippen LogP contribution >= 0.6 is 0 Å². The highest BCUT2D eigenvalue weighted by Crippen LogP contribution is 2.18. The van der Waals surface area contributed by atoms with E-state index in [1.165, 1.54) is 6.07 Å². The van der Waals surface area contributed by atoms with Gasteiger partial charge >= 0.3 is 0 Å². The van der Waals surface area contributed by atoms with Gasteiger partial charge in [-0.2, -0.15) is 0 Å². The summed E-state index contributed by atoms with van der Waals surface area (Å²) in [6.45, 7) is 7.57. The molecular weight excluding hydrogens is 256 g/mol. The Morgan fingerprint density at radius 3 is 2.60 bits per heavy atom. The largest absolute Gasteiger partial charge is 0.389 e. The van der Waals surface area contributed by atoms with E-state index in [0.717, 1.165) is 6.54 Å². The predicted octanol–water partition coefficient (Wildman–Crippen LogP) is 2.70. The van der Waals surface area contributed by atoms with E-state index < -0.39 is 5.60 Å². The molecule has 0 saturated carbocycles. The highest BCUT2D eigenvalue weighted by molar-refractivity contribution is 5.60. The van der Waals surface area contributed by atoms with E-state index in [4.69, 9.17) is 0 Å². The summed E-state index contributed by atoms with van der Waals surface area (Å²) in [5.41, 5.74) is -0.0473. The maximum Gasteiger partial charge on any atom is 0.276 e. The number of benzene rings is 1. The molecular formula is C15H22N2O3. The molecule has 20 heavy (non-hydrogen) atoms. The van der Waals surface area contributed by atoms with Crippen LogP contribution < -0.4 is 0 Å². The van der Waals surface area contributed by atoms with Crippen molar-refractivity contribution in [3.63, 3.8) is 0 Å². The average molecular weight is 278 g/mol. The molecule has 1 N–H and O–H groups in total. The van der Waals surface area contributed by atoms with E-state index in [9.17, 15) is 15.2 Å². The molecule has 1 rings (SSSR count). The van der Waals surface area contributed by atoms with Gasteiger partial charge in [0.25, 0.3) is 5.69 Å². The normalized spacial score (nSPS) is 12.2. The zero-order valence-electron chi connectivity index (χ0n) is 12.2. The SMILES string of the molecule is CCN(C/C=C/c1ccccc1[N+](=O)[O-])CC(C)(C)O. The summed E-state index contributed by atoms with van der Waals surface area (Å²) in [6.07, 6.45) is 3.64. The number of rotatable bonds is 7. The van der Waals surface area contributed by atoms with Gasteiger partial charge in [-0.3, -0.25) is 15.0 Å². The zero-order valence-corrected chi connectivity index (χ0v) is 12.2. The van der Waals surface area contributed by atoms with Crippen molar-refractivity contribution in [1.29, 1.82) is 0 Å². The summed E-state index contributed by atoms with van der Waals surface area (Å²) in [5.74, 6) is 0. The van der Waals surface area contributed by atoms with Crippen LogP contribution in [-0.4, -0.2) is 40.2 Å². The Morgan fingerprint density at radius 1 is 1.40 bits per heavy atom. The van der Waals surface area contributed by atoms with Gasteiger partial charge in [-0.15, -0.1) is 0 Å². The van der Waals surface area contributed by atoms with E-state index in [1.54, 1.807) is 38.1 Å². The fourth-order valence-electron chi connectivity index (χ4n) is 1.98. The summed E-state index contributed by atoms with van der Waals surface area (Å²) in [6, 6.07) is 6.65. The van der Waals surface area contributed by atoms with Crippen molar-refractivity contribution in [1.82, 2.24) is 4.90 Å². The molecule has 0 bridgehead atoms. The Kier molecular flexibility index (Phi) is 5.85. The minimum absolute atomic E-state index is 0.106. The molecule has 0 unspecified atom stereocenters. The number of nitro groups is 1. The lowest BCUT2D eigenvalue weighted by Crippen LogP contribution is -2.38. The first-order chi connectivity index (χ1) is 9.33. The maximum absolute atomic E-state index is 10.9. The smallest absolute Gasteiger partial charge is 0.276 e. The number of likely N-dealkylation sites (N-methyl/N-ethyl adjacent to an activating group) is 1. The average Bonchev–Trinajstić information content (AvgIpc) is 2.36. The quantitative estimate of drug-likeness (QED) is 0.615. The van der Waals surface area contributed by atoms with E-state index in [0.29, 0.717) is 18.7 Å². The standard InChI is InChI=1S/C15H22N2O3/c1-4-16(12-15(2,3)18)11-7-9-13-8-5-6-10-14(13)17(19)20/h5-10,18H,4,11-12H2,1-3H3/b9-7+. The van der Waals surface area contributed by atoms with Crippen molar-refractivity contribution in [2.24, 2.45) is 0 Å². The molecule has 1 aromatic rings. The van der Waals surface area contributed by atoms with Crippen molar-refractivity contribution < 1.29 is 10.0 Å². The second kappa shape index (κ2) is 7.17. The molecule has 110 valence electrons. The van der Waals surface area contributed by atoms with Crippen LogP contribution in [0, 0.1) is 10.1 Å². The Morgan fingerprint density at radius 2 is 2.05 bits per heavy atom. The molecule has 1 aromatic carbocycles. The van der Waals surface area contributed by atoms with Crippen LogP contribution in [0.15, 0.2) is 30.3 Å². The van der Waals surface area contributed by atoms with Gasteiger partial charge in [-0.25, -0.2) is 0 Å². The van der Waals surface area contributed by atoms with Crippen molar-refractivity contribution >= 4 is 11.8 Å². The Hall–Kier alpha value is -1.72.